The number of amides is 1. The minimum absolute atomic E-state index is 0.0743. The molecule has 3 N–H and O–H groups in total. The minimum atomic E-state index is -0.257. The Hall–Kier alpha value is -2.56. The number of aryl methyl sites for hydroxylation is 1. The fourth-order valence-electron chi connectivity index (χ4n) is 1.71. The summed E-state index contributed by atoms with van der Waals surface area (Å²) in [7, 11) is 0. The van der Waals surface area contributed by atoms with Gasteiger partial charge in [-0.1, -0.05) is 18.2 Å². The predicted octanol–water partition coefficient (Wildman–Crippen LogP) is 1.57. The van der Waals surface area contributed by atoms with Crippen LogP contribution in [0.3, 0.4) is 0 Å². The van der Waals surface area contributed by atoms with E-state index in [1.807, 2.05) is 0 Å². The Morgan fingerprint density at radius 2 is 2.11 bits per heavy atom. The van der Waals surface area contributed by atoms with Crippen LogP contribution < -0.4 is 10.9 Å². The molecule has 0 saturated carbocycles. The average molecular weight is 258 g/mol. The Morgan fingerprint density at radius 1 is 1.37 bits per heavy atom. The van der Waals surface area contributed by atoms with Crippen LogP contribution in [0.4, 0.5) is 5.69 Å². The third kappa shape index (κ3) is 3.22. The number of para-hydroxylation sites is 1. The summed E-state index contributed by atoms with van der Waals surface area (Å²) < 4.78 is 0. The monoisotopic (exact) mass is 258 g/mol. The molecule has 0 aliphatic rings. The summed E-state index contributed by atoms with van der Waals surface area (Å²) in [5.74, 6) is -0.164. The first-order valence-electron chi connectivity index (χ1n) is 5.82. The number of benzene rings is 1. The summed E-state index contributed by atoms with van der Waals surface area (Å²) in [6, 6.07) is 8.27. The molecular formula is C14H14N2O3. The maximum atomic E-state index is 11.8. The zero-order valence-corrected chi connectivity index (χ0v) is 10.4. The molecule has 0 aliphatic carbocycles. The molecule has 0 radical (unpaired) electrons. The molecule has 0 fully saturated rings. The second-order valence-corrected chi connectivity index (χ2v) is 4.25. The number of carbonyl (C=O) groups is 1. The van der Waals surface area contributed by atoms with Crippen LogP contribution in [0.25, 0.3) is 0 Å². The molecule has 0 unspecified atom stereocenters. The van der Waals surface area contributed by atoms with Gasteiger partial charge in [0, 0.05) is 17.3 Å². The molecule has 2 rings (SSSR count). The van der Waals surface area contributed by atoms with Crippen molar-refractivity contribution in [2.75, 3.05) is 5.32 Å². The first kappa shape index (κ1) is 12.9. The van der Waals surface area contributed by atoms with Crippen molar-refractivity contribution >= 4 is 11.6 Å². The van der Waals surface area contributed by atoms with Gasteiger partial charge in [-0.15, -0.1) is 0 Å². The van der Waals surface area contributed by atoms with E-state index in [4.69, 9.17) is 0 Å². The van der Waals surface area contributed by atoms with Crippen molar-refractivity contribution in [2.45, 2.75) is 13.3 Å². The van der Waals surface area contributed by atoms with Crippen LogP contribution in [0.5, 0.6) is 5.75 Å². The topological polar surface area (TPSA) is 82.2 Å². The Balaban J connectivity index is 2.07. The van der Waals surface area contributed by atoms with E-state index in [9.17, 15) is 14.7 Å². The van der Waals surface area contributed by atoms with Crippen LogP contribution >= 0.6 is 0 Å². The summed E-state index contributed by atoms with van der Waals surface area (Å²) in [4.78, 5) is 25.5. The van der Waals surface area contributed by atoms with Crippen LogP contribution in [-0.4, -0.2) is 16.0 Å². The first-order chi connectivity index (χ1) is 9.06. The van der Waals surface area contributed by atoms with Crippen molar-refractivity contribution in [1.82, 2.24) is 4.98 Å². The highest BCUT2D eigenvalue weighted by atomic mass is 16.3. The van der Waals surface area contributed by atoms with Gasteiger partial charge in [-0.3, -0.25) is 9.59 Å². The molecule has 0 atom stereocenters. The second-order valence-electron chi connectivity index (χ2n) is 4.25. The summed E-state index contributed by atoms with van der Waals surface area (Å²) >= 11 is 0. The number of H-pyrrole nitrogens is 1. The Bertz CT molecular complexity index is 662. The highest BCUT2D eigenvalue weighted by Gasteiger charge is 2.08. The molecule has 5 heteroatoms. The van der Waals surface area contributed by atoms with Gasteiger partial charge in [-0.2, -0.15) is 0 Å². The van der Waals surface area contributed by atoms with Crippen LogP contribution in [-0.2, 0) is 11.2 Å². The molecule has 19 heavy (non-hydrogen) atoms. The van der Waals surface area contributed by atoms with E-state index in [2.05, 4.69) is 10.3 Å². The van der Waals surface area contributed by atoms with Crippen LogP contribution in [0.2, 0.25) is 0 Å². The lowest BCUT2D eigenvalue weighted by Crippen LogP contribution is -2.17. The zero-order valence-electron chi connectivity index (χ0n) is 10.4. The van der Waals surface area contributed by atoms with E-state index >= 15 is 0 Å². The second kappa shape index (κ2) is 5.39. The van der Waals surface area contributed by atoms with E-state index in [1.165, 1.54) is 12.3 Å². The maximum Gasteiger partial charge on any atom is 0.250 e. The number of carbonyl (C=O) groups excluding carboxylic acids is 1. The van der Waals surface area contributed by atoms with Crippen LogP contribution in [0.15, 0.2) is 41.3 Å². The number of nitrogens with one attached hydrogen (secondary N) is 2. The zero-order chi connectivity index (χ0) is 13.8. The number of anilines is 1. The number of hydrogen-bond acceptors (Lipinski definition) is 3. The highest BCUT2D eigenvalue weighted by Crippen LogP contribution is 2.16. The van der Waals surface area contributed by atoms with Crippen molar-refractivity contribution < 1.29 is 9.90 Å². The Kier molecular flexibility index (Phi) is 3.66. The number of aromatic nitrogens is 1. The van der Waals surface area contributed by atoms with Gasteiger partial charge in [0.1, 0.15) is 5.75 Å². The Labute approximate surface area is 109 Å². The molecule has 1 aromatic carbocycles. The number of pyridine rings is 1. The average Bonchev–Trinajstić information content (AvgIpc) is 2.37. The summed E-state index contributed by atoms with van der Waals surface area (Å²) in [5, 5.41) is 12.2. The van der Waals surface area contributed by atoms with Crippen molar-refractivity contribution in [3.8, 4) is 5.75 Å². The quantitative estimate of drug-likeness (QED) is 0.781. The molecule has 1 heterocycles. The molecular weight excluding hydrogens is 244 g/mol. The summed E-state index contributed by atoms with van der Waals surface area (Å²) in [5.41, 5.74) is 1.43. The van der Waals surface area contributed by atoms with Crippen molar-refractivity contribution in [1.29, 1.82) is 0 Å². The van der Waals surface area contributed by atoms with Gasteiger partial charge >= 0.3 is 0 Å². The van der Waals surface area contributed by atoms with Crippen molar-refractivity contribution in [3.63, 3.8) is 0 Å². The third-order valence-corrected chi connectivity index (χ3v) is 2.72. The SMILES string of the molecule is Cc1cc(NC(=O)Cc2ccccc2O)c[nH]c1=O. The lowest BCUT2D eigenvalue weighted by Gasteiger charge is -2.06. The van der Waals surface area contributed by atoms with E-state index in [1.54, 1.807) is 31.2 Å². The number of aromatic amines is 1. The largest absolute Gasteiger partial charge is 0.508 e. The van der Waals surface area contributed by atoms with Gasteiger partial charge in [-0.05, 0) is 19.1 Å². The van der Waals surface area contributed by atoms with Crippen molar-refractivity contribution in [3.05, 3.63) is 58.0 Å². The smallest absolute Gasteiger partial charge is 0.250 e. The van der Waals surface area contributed by atoms with Gasteiger partial charge in [-0.25, -0.2) is 0 Å². The van der Waals surface area contributed by atoms with Crippen LogP contribution in [0.1, 0.15) is 11.1 Å². The van der Waals surface area contributed by atoms with Gasteiger partial charge in [0.05, 0.1) is 12.1 Å². The number of aromatic hydroxyl groups is 1. The molecule has 1 aromatic heterocycles. The normalized spacial score (nSPS) is 10.2. The lowest BCUT2D eigenvalue weighted by atomic mass is 10.1. The molecule has 2 aromatic rings. The van der Waals surface area contributed by atoms with Crippen LogP contribution in [0, 0.1) is 6.92 Å². The first-order valence-corrected chi connectivity index (χ1v) is 5.82. The molecule has 5 nitrogen and oxygen atoms in total. The van der Waals surface area contributed by atoms with Gasteiger partial charge in [0.25, 0.3) is 5.56 Å². The third-order valence-electron chi connectivity index (χ3n) is 2.72. The highest BCUT2D eigenvalue weighted by molar-refractivity contribution is 5.92. The molecule has 0 saturated heterocycles. The summed E-state index contributed by atoms with van der Waals surface area (Å²) in [6.45, 7) is 1.66. The van der Waals surface area contributed by atoms with E-state index in [-0.39, 0.29) is 23.6 Å². The molecule has 0 bridgehead atoms. The molecule has 0 aliphatic heterocycles. The molecule has 1 amide bonds. The molecule has 0 spiro atoms. The maximum absolute atomic E-state index is 11.8. The van der Waals surface area contributed by atoms with E-state index in [0.717, 1.165) is 0 Å². The molecule has 98 valence electrons. The number of rotatable bonds is 3. The van der Waals surface area contributed by atoms with Crippen molar-refractivity contribution in [2.24, 2.45) is 0 Å². The number of hydrogen-bond donors (Lipinski definition) is 3. The fraction of sp³-hybridized carbons (Fsp3) is 0.143. The standard InChI is InChI=1S/C14H14N2O3/c1-9-6-11(8-15-14(9)19)16-13(18)7-10-4-2-3-5-12(10)17/h2-6,8,17H,7H2,1H3,(H,15,19)(H,16,18). The van der Waals surface area contributed by atoms with Gasteiger partial charge < -0.3 is 15.4 Å². The number of phenolic OH excluding ortho intramolecular Hbond substituents is 1. The predicted molar refractivity (Wildman–Crippen MR) is 72.2 cm³/mol. The number of phenols is 1. The lowest BCUT2D eigenvalue weighted by molar-refractivity contribution is -0.115. The van der Waals surface area contributed by atoms with E-state index in [0.29, 0.717) is 16.8 Å². The minimum Gasteiger partial charge on any atom is -0.508 e. The summed E-state index contributed by atoms with van der Waals surface area (Å²) in [6.07, 6.45) is 1.52. The van der Waals surface area contributed by atoms with Gasteiger partial charge in [0.2, 0.25) is 5.91 Å². The Morgan fingerprint density at radius 3 is 2.79 bits per heavy atom. The van der Waals surface area contributed by atoms with Gasteiger partial charge in [0.15, 0.2) is 0 Å². The van der Waals surface area contributed by atoms with E-state index < -0.39 is 0 Å². The fourth-order valence-corrected chi connectivity index (χ4v) is 1.71.